The summed E-state index contributed by atoms with van der Waals surface area (Å²) >= 11 is 4.29. The molecule has 0 saturated heterocycles. The van der Waals surface area contributed by atoms with Crippen molar-refractivity contribution in [1.29, 1.82) is 0 Å². The van der Waals surface area contributed by atoms with Crippen LogP contribution in [0.1, 0.15) is 0 Å². The zero-order valence-corrected chi connectivity index (χ0v) is 7.04. The second-order valence-corrected chi connectivity index (χ2v) is 3.39. The van der Waals surface area contributed by atoms with Crippen LogP contribution in [-0.4, -0.2) is 0 Å². The molecule has 11 heavy (non-hydrogen) atoms. The van der Waals surface area contributed by atoms with Crippen molar-refractivity contribution < 1.29 is 0 Å². The molecule has 0 amide bonds. The standard InChI is InChI=1S/C10H10S/c11-10-6-5-8-3-1-2-4-9(8)7-10/h1-9,11H. The number of allylic oxidation sites excluding steroid dienone is 7. The molecule has 0 fully saturated rings. The molecular weight excluding hydrogens is 152 g/mol. The fraction of sp³-hybridized carbons (Fsp3) is 0.200. The van der Waals surface area contributed by atoms with Crippen LogP contribution in [0.3, 0.4) is 0 Å². The summed E-state index contributed by atoms with van der Waals surface area (Å²) in [6.45, 7) is 0. The third-order valence-electron chi connectivity index (χ3n) is 2.07. The van der Waals surface area contributed by atoms with E-state index in [1.165, 1.54) is 0 Å². The van der Waals surface area contributed by atoms with Gasteiger partial charge in [-0.05, 0) is 0 Å². The Morgan fingerprint density at radius 2 is 1.73 bits per heavy atom. The molecule has 2 unspecified atom stereocenters. The molecule has 2 atom stereocenters. The number of rotatable bonds is 0. The van der Waals surface area contributed by atoms with Crippen molar-refractivity contribution in [2.75, 3.05) is 0 Å². The maximum Gasteiger partial charge on any atom is 0.00614 e. The largest absolute Gasteiger partial charge is 0.144 e. The fourth-order valence-electron chi connectivity index (χ4n) is 1.46. The first-order chi connectivity index (χ1) is 5.36. The van der Waals surface area contributed by atoms with Crippen molar-refractivity contribution in [2.24, 2.45) is 11.8 Å². The van der Waals surface area contributed by atoms with Crippen LogP contribution in [0, 0.1) is 11.8 Å². The SMILES string of the molecule is SC1=CC2C=CC=CC2C=C1. The van der Waals surface area contributed by atoms with Gasteiger partial charge in [-0.15, -0.1) is 12.6 Å². The van der Waals surface area contributed by atoms with Gasteiger partial charge in [-0.1, -0.05) is 42.5 Å². The van der Waals surface area contributed by atoms with E-state index in [0.717, 1.165) is 4.91 Å². The Hall–Kier alpha value is -0.690. The molecule has 0 aromatic carbocycles. The minimum absolute atomic E-state index is 0.539. The van der Waals surface area contributed by atoms with Gasteiger partial charge in [-0.2, -0.15) is 0 Å². The van der Waals surface area contributed by atoms with E-state index < -0.39 is 0 Å². The second kappa shape index (κ2) is 2.74. The maximum absolute atomic E-state index is 4.29. The van der Waals surface area contributed by atoms with Crippen LogP contribution in [0.25, 0.3) is 0 Å². The van der Waals surface area contributed by atoms with Crippen molar-refractivity contribution in [2.45, 2.75) is 0 Å². The third kappa shape index (κ3) is 1.33. The third-order valence-corrected chi connectivity index (χ3v) is 2.37. The van der Waals surface area contributed by atoms with Crippen LogP contribution in [0.2, 0.25) is 0 Å². The van der Waals surface area contributed by atoms with Crippen molar-refractivity contribution in [3.8, 4) is 0 Å². The molecule has 0 heterocycles. The summed E-state index contributed by atoms with van der Waals surface area (Å²) < 4.78 is 0. The summed E-state index contributed by atoms with van der Waals surface area (Å²) in [4.78, 5) is 1.08. The maximum atomic E-state index is 4.29. The lowest BCUT2D eigenvalue weighted by molar-refractivity contribution is 0.659. The normalized spacial score (nSPS) is 33.4. The van der Waals surface area contributed by atoms with E-state index in [1.807, 2.05) is 0 Å². The van der Waals surface area contributed by atoms with Gasteiger partial charge in [0, 0.05) is 16.7 Å². The van der Waals surface area contributed by atoms with E-state index in [9.17, 15) is 0 Å². The van der Waals surface area contributed by atoms with Crippen LogP contribution in [-0.2, 0) is 0 Å². The molecule has 0 aliphatic heterocycles. The summed E-state index contributed by atoms with van der Waals surface area (Å²) in [6, 6.07) is 0. The minimum Gasteiger partial charge on any atom is -0.144 e. The van der Waals surface area contributed by atoms with Gasteiger partial charge >= 0.3 is 0 Å². The average molecular weight is 162 g/mol. The predicted octanol–water partition coefficient (Wildman–Crippen LogP) is 2.73. The van der Waals surface area contributed by atoms with Crippen LogP contribution in [0.5, 0.6) is 0 Å². The van der Waals surface area contributed by atoms with Gasteiger partial charge in [-0.3, -0.25) is 0 Å². The molecule has 0 radical (unpaired) electrons. The minimum atomic E-state index is 0.539. The van der Waals surface area contributed by atoms with E-state index >= 15 is 0 Å². The van der Waals surface area contributed by atoms with Crippen LogP contribution in [0.15, 0.2) is 47.4 Å². The highest BCUT2D eigenvalue weighted by Gasteiger charge is 2.16. The van der Waals surface area contributed by atoms with Crippen molar-refractivity contribution in [1.82, 2.24) is 0 Å². The number of thiol groups is 1. The summed E-state index contributed by atoms with van der Waals surface area (Å²) in [5, 5.41) is 0. The molecule has 0 spiro atoms. The highest BCUT2D eigenvalue weighted by Crippen LogP contribution is 2.28. The number of hydrogen-bond donors (Lipinski definition) is 1. The monoisotopic (exact) mass is 162 g/mol. The van der Waals surface area contributed by atoms with Crippen molar-refractivity contribution >= 4 is 12.6 Å². The molecule has 0 bridgehead atoms. The smallest absolute Gasteiger partial charge is 0.00614 e. The van der Waals surface area contributed by atoms with Gasteiger partial charge in [0.1, 0.15) is 0 Å². The molecule has 2 rings (SSSR count). The van der Waals surface area contributed by atoms with E-state index in [-0.39, 0.29) is 0 Å². The van der Waals surface area contributed by atoms with Gasteiger partial charge in [0.25, 0.3) is 0 Å². The van der Waals surface area contributed by atoms with Gasteiger partial charge < -0.3 is 0 Å². The molecule has 56 valence electrons. The first kappa shape index (κ1) is 6.99. The van der Waals surface area contributed by atoms with Gasteiger partial charge in [0.15, 0.2) is 0 Å². The lowest BCUT2D eigenvalue weighted by Gasteiger charge is -2.21. The molecule has 0 nitrogen and oxygen atoms in total. The van der Waals surface area contributed by atoms with E-state index in [1.54, 1.807) is 0 Å². The highest BCUT2D eigenvalue weighted by atomic mass is 32.1. The lowest BCUT2D eigenvalue weighted by atomic mass is 9.85. The van der Waals surface area contributed by atoms with E-state index in [0.29, 0.717) is 11.8 Å². The van der Waals surface area contributed by atoms with Crippen molar-refractivity contribution in [3.63, 3.8) is 0 Å². The first-order valence-electron chi connectivity index (χ1n) is 3.80. The fourth-order valence-corrected chi connectivity index (χ4v) is 1.72. The Labute approximate surface area is 72.4 Å². The molecule has 0 saturated carbocycles. The topological polar surface area (TPSA) is 0 Å². The van der Waals surface area contributed by atoms with Crippen LogP contribution in [0.4, 0.5) is 0 Å². The molecule has 2 aliphatic rings. The van der Waals surface area contributed by atoms with E-state index in [2.05, 4.69) is 55.2 Å². The molecular formula is C10H10S. The predicted molar refractivity (Wildman–Crippen MR) is 51.5 cm³/mol. The quantitative estimate of drug-likeness (QED) is 0.520. The summed E-state index contributed by atoms with van der Waals surface area (Å²) in [5.41, 5.74) is 0. The number of fused-ring (bicyclic) bond motifs is 1. The number of hydrogen-bond acceptors (Lipinski definition) is 1. The van der Waals surface area contributed by atoms with Crippen LogP contribution >= 0.6 is 12.6 Å². The zero-order chi connectivity index (χ0) is 7.68. The van der Waals surface area contributed by atoms with Gasteiger partial charge in [0.2, 0.25) is 0 Å². The second-order valence-electron chi connectivity index (χ2n) is 2.88. The molecule has 0 aromatic rings. The Kier molecular flexibility index (Phi) is 1.74. The summed E-state index contributed by atoms with van der Waals surface area (Å²) in [5.74, 6) is 1.10. The molecule has 0 aromatic heterocycles. The Balaban J connectivity index is 2.29. The lowest BCUT2D eigenvalue weighted by Crippen LogP contribution is -2.10. The van der Waals surface area contributed by atoms with E-state index in [4.69, 9.17) is 0 Å². The Morgan fingerprint density at radius 3 is 2.55 bits per heavy atom. The van der Waals surface area contributed by atoms with Gasteiger partial charge in [-0.25, -0.2) is 0 Å². The summed E-state index contributed by atoms with van der Waals surface area (Å²) in [6.07, 6.45) is 15.1. The van der Waals surface area contributed by atoms with Crippen molar-refractivity contribution in [3.05, 3.63) is 47.4 Å². The molecule has 1 heteroatoms. The van der Waals surface area contributed by atoms with Crippen LogP contribution < -0.4 is 0 Å². The summed E-state index contributed by atoms with van der Waals surface area (Å²) in [7, 11) is 0. The molecule has 2 aliphatic carbocycles. The zero-order valence-electron chi connectivity index (χ0n) is 6.14. The Morgan fingerprint density at radius 1 is 1.00 bits per heavy atom. The van der Waals surface area contributed by atoms with Gasteiger partial charge in [0.05, 0.1) is 0 Å². The average Bonchev–Trinajstić information content (AvgIpc) is 2.04. The first-order valence-corrected chi connectivity index (χ1v) is 4.25. The molecule has 0 N–H and O–H groups in total. The Bertz CT molecular complexity index is 269. The highest BCUT2D eigenvalue weighted by molar-refractivity contribution is 7.84.